The molecule has 0 fully saturated rings. The van der Waals surface area contributed by atoms with Crippen LogP contribution in [0.25, 0.3) is 0 Å². The average molecular weight is 321 g/mol. The van der Waals surface area contributed by atoms with E-state index >= 15 is 0 Å². The highest BCUT2D eigenvalue weighted by Gasteiger charge is 2.15. The maximum atomic E-state index is 11.9. The third-order valence-electron chi connectivity index (χ3n) is 3.30. The molecule has 1 aromatic rings. The van der Waals surface area contributed by atoms with Gasteiger partial charge in [0, 0.05) is 12.2 Å². The van der Waals surface area contributed by atoms with Crippen molar-refractivity contribution < 1.29 is 14.3 Å². The molecule has 0 aliphatic heterocycles. The minimum atomic E-state index is -0.591. The Morgan fingerprint density at radius 3 is 2.61 bits per heavy atom. The number of amides is 3. The van der Waals surface area contributed by atoms with Crippen LogP contribution >= 0.6 is 0 Å². The van der Waals surface area contributed by atoms with Gasteiger partial charge < -0.3 is 20.7 Å². The number of urea groups is 1. The van der Waals surface area contributed by atoms with Gasteiger partial charge in [0.25, 0.3) is 0 Å². The summed E-state index contributed by atoms with van der Waals surface area (Å²) >= 11 is 0. The van der Waals surface area contributed by atoms with Crippen LogP contribution in [0.1, 0.15) is 39.2 Å². The Labute approximate surface area is 138 Å². The van der Waals surface area contributed by atoms with Crippen molar-refractivity contribution in [3.05, 3.63) is 23.8 Å². The number of nitrogens with one attached hydrogen (secondary N) is 3. The fourth-order valence-corrected chi connectivity index (χ4v) is 1.95. The summed E-state index contributed by atoms with van der Waals surface area (Å²) in [4.78, 5) is 23.5. The maximum Gasteiger partial charge on any atom is 0.319 e. The molecular weight excluding hydrogens is 294 g/mol. The van der Waals surface area contributed by atoms with Crippen LogP contribution in [-0.4, -0.2) is 31.1 Å². The highest BCUT2D eigenvalue weighted by molar-refractivity contribution is 5.94. The number of likely N-dealkylation sites (N-methyl/N-ethyl adjacent to an activating group) is 1. The summed E-state index contributed by atoms with van der Waals surface area (Å²) in [6, 6.07) is 4.51. The number of ether oxygens (including phenoxy) is 1. The first kappa shape index (κ1) is 18.8. The minimum Gasteiger partial charge on any atom is -0.494 e. The van der Waals surface area contributed by atoms with Crippen molar-refractivity contribution in [2.45, 2.75) is 46.6 Å². The molecule has 0 aliphatic rings. The Balaban J connectivity index is 2.56. The zero-order valence-electron chi connectivity index (χ0n) is 14.4. The maximum absolute atomic E-state index is 11.9. The largest absolute Gasteiger partial charge is 0.494 e. The standard InChI is InChI=1S/C17H27N3O3/c1-5-7-10-23-14-8-9-15(12(3)11-14)20-17(22)19-13(4)16(21)18-6-2/h8-9,11,13H,5-7,10H2,1-4H3,(H,18,21)(H2,19,20,22). The summed E-state index contributed by atoms with van der Waals surface area (Å²) in [6.07, 6.45) is 2.10. The van der Waals surface area contributed by atoms with Crippen LogP contribution in [0.3, 0.4) is 0 Å². The Morgan fingerprint density at radius 1 is 1.26 bits per heavy atom. The van der Waals surface area contributed by atoms with Crippen molar-refractivity contribution in [3.8, 4) is 5.75 Å². The van der Waals surface area contributed by atoms with E-state index in [2.05, 4.69) is 22.9 Å². The Kier molecular flexibility index (Phi) is 7.94. The quantitative estimate of drug-likeness (QED) is 0.644. The van der Waals surface area contributed by atoms with Gasteiger partial charge in [0.15, 0.2) is 0 Å². The highest BCUT2D eigenvalue weighted by atomic mass is 16.5. The SMILES string of the molecule is CCCCOc1ccc(NC(=O)NC(C)C(=O)NCC)c(C)c1. The van der Waals surface area contributed by atoms with Crippen LogP contribution in [0.2, 0.25) is 0 Å². The lowest BCUT2D eigenvalue weighted by Gasteiger charge is -2.15. The third-order valence-corrected chi connectivity index (χ3v) is 3.30. The van der Waals surface area contributed by atoms with Gasteiger partial charge in [-0.25, -0.2) is 4.79 Å². The van der Waals surface area contributed by atoms with Gasteiger partial charge in [-0.2, -0.15) is 0 Å². The van der Waals surface area contributed by atoms with Crippen molar-refractivity contribution >= 4 is 17.6 Å². The van der Waals surface area contributed by atoms with Gasteiger partial charge in [-0.1, -0.05) is 13.3 Å². The Hall–Kier alpha value is -2.24. The molecule has 0 radical (unpaired) electrons. The van der Waals surface area contributed by atoms with E-state index in [1.54, 1.807) is 13.0 Å². The van der Waals surface area contributed by atoms with E-state index in [1.807, 2.05) is 26.0 Å². The second kappa shape index (κ2) is 9.71. The average Bonchev–Trinajstić information content (AvgIpc) is 2.50. The third kappa shape index (κ3) is 6.59. The number of unbranched alkanes of at least 4 members (excludes halogenated alkanes) is 1. The van der Waals surface area contributed by atoms with E-state index in [0.717, 1.165) is 24.2 Å². The Bertz CT molecular complexity index is 532. The fourth-order valence-electron chi connectivity index (χ4n) is 1.95. The lowest BCUT2D eigenvalue weighted by atomic mass is 10.2. The molecule has 1 rings (SSSR count). The van der Waals surface area contributed by atoms with Crippen molar-refractivity contribution in [1.82, 2.24) is 10.6 Å². The van der Waals surface area contributed by atoms with Crippen molar-refractivity contribution in [2.24, 2.45) is 0 Å². The lowest BCUT2D eigenvalue weighted by Crippen LogP contribution is -2.46. The number of rotatable bonds is 8. The molecule has 1 atom stereocenters. The second-order valence-corrected chi connectivity index (χ2v) is 5.39. The van der Waals surface area contributed by atoms with Crippen molar-refractivity contribution in [1.29, 1.82) is 0 Å². The number of carbonyl (C=O) groups excluding carboxylic acids is 2. The highest BCUT2D eigenvalue weighted by Crippen LogP contribution is 2.21. The first-order valence-corrected chi connectivity index (χ1v) is 8.06. The molecule has 23 heavy (non-hydrogen) atoms. The van der Waals surface area contributed by atoms with Crippen LogP contribution < -0.4 is 20.7 Å². The summed E-state index contributed by atoms with van der Waals surface area (Å²) in [6.45, 7) is 8.70. The van der Waals surface area contributed by atoms with Gasteiger partial charge >= 0.3 is 6.03 Å². The van der Waals surface area contributed by atoms with Gasteiger partial charge in [0.1, 0.15) is 11.8 Å². The predicted octanol–water partition coefficient (Wildman–Crippen LogP) is 2.82. The van der Waals surface area contributed by atoms with E-state index in [1.165, 1.54) is 0 Å². The van der Waals surface area contributed by atoms with Crippen LogP contribution in [-0.2, 0) is 4.79 Å². The topological polar surface area (TPSA) is 79.5 Å². The molecule has 0 saturated heterocycles. The Morgan fingerprint density at radius 2 is 2.00 bits per heavy atom. The predicted molar refractivity (Wildman–Crippen MR) is 91.9 cm³/mol. The molecule has 128 valence electrons. The molecule has 0 saturated carbocycles. The zero-order chi connectivity index (χ0) is 17.2. The number of anilines is 1. The van der Waals surface area contributed by atoms with Gasteiger partial charge in [-0.05, 0) is 51.0 Å². The van der Waals surface area contributed by atoms with Crippen LogP contribution in [0, 0.1) is 6.92 Å². The number of benzene rings is 1. The van der Waals surface area contributed by atoms with Gasteiger partial charge in [0.05, 0.1) is 6.61 Å². The van der Waals surface area contributed by atoms with E-state index in [4.69, 9.17) is 4.74 Å². The molecule has 0 aromatic heterocycles. The molecule has 3 N–H and O–H groups in total. The van der Waals surface area contributed by atoms with E-state index in [9.17, 15) is 9.59 Å². The number of hydrogen-bond donors (Lipinski definition) is 3. The van der Waals surface area contributed by atoms with Crippen LogP contribution in [0.4, 0.5) is 10.5 Å². The lowest BCUT2D eigenvalue weighted by molar-refractivity contribution is -0.122. The molecule has 0 aliphatic carbocycles. The first-order valence-electron chi connectivity index (χ1n) is 8.06. The van der Waals surface area contributed by atoms with E-state index < -0.39 is 12.1 Å². The summed E-state index contributed by atoms with van der Waals surface area (Å²) in [5.74, 6) is 0.580. The van der Waals surface area contributed by atoms with Crippen LogP contribution in [0.15, 0.2) is 18.2 Å². The molecule has 6 heteroatoms. The summed E-state index contributed by atoms with van der Waals surface area (Å²) < 4.78 is 5.63. The number of hydrogen-bond acceptors (Lipinski definition) is 3. The van der Waals surface area contributed by atoms with Crippen molar-refractivity contribution in [2.75, 3.05) is 18.5 Å². The summed E-state index contributed by atoms with van der Waals surface area (Å²) in [5.41, 5.74) is 1.59. The molecule has 0 bridgehead atoms. The van der Waals surface area contributed by atoms with Gasteiger partial charge in [0.2, 0.25) is 5.91 Å². The zero-order valence-corrected chi connectivity index (χ0v) is 14.4. The summed E-state index contributed by atoms with van der Waals surface area (Å²) in [7, 11) is 0. The molecule has 0 heterocycles. The first-order chi connectivity index (χ1) is 11.0. The van der Waals surface area contributed by atoms with E-state index in [-0.39, 0.29) is 5.91 Å². The molecular formula is C17H27N3O3. The normalized spacial score (nSPS) is 11.5. The second-order valence-electron chi connectivity index (χ2n) is 5.39. The number of aryl methyl sites for hydroxylation is 1. The molecule has 3 amide bonds. The van der Waals surface area contributed by atoms with Crippen LogP contribution in [0.5, 0.6) is 5.75 Å². The minimum absolute atomic E-state index is 0.209. The van der Waals surface area contributed by atoms with Crippen molar-refractivity contribution in [3.63, 3.8) is 0 Å². The molecule has 1 unspecified atom stereocenters. The molecule has 6 nitrogen and oxygen atoms in total. The number of carbonyl (C=O) groups is 2. The van der Waals surface area contributed by atoms with Gasteiger partial charge in [-0.15, -0.1) is 0 Å². The smallest absolute Gasteiger partial charge is 0.319 e. The van der Waals surface area contributed by atoms with E-state index in [0.29, 0.717) is 18.8 Å². The molecule has 0 spiro atoms. The fraction of sp³-hybridized carbons (Fsp3) is 0.529. The van der Waals surface area contributed by atoms with Gasteiger partial charge in [-0.3, -0.25) is 4.79 Å². The molecule has 1 aromatic carbocycles. The monoisotopic (exact) mass is 321 g/mol. The summed E-state index contributed by atoms with van der Waals surface area (Å²) in [5, 5.41) is 8.01.